The predicted octanol–water partition coefficient (Wildman–Crippen LogP) is 2.98. The zero-order chi connectivity index (χ0) is 9.10. The molecule has 0 spiro atoms. The molecule has 1 heterocycles. The van der Waals surface area contributed by atoms with Crippen LogP contribution in [-0.2, 0) is 0 Å². The molecule has 1 aliphatic rings. The van der Waals surface area contributed by atoms with Gasteiger partial charge in [0.1, 0.15) is 5.82 Å². The lowest BCUT2D eigenvalue weighted by atomic mass is 9.93. The molecule has 1 aromatic rings. The van der Waals surface area contributed by atoms with Crippen molar-refractivity contribution in [1.29, 1.82) is 0 Å². The minimum absolute atomic E-state index is 0.120. The van der Waals surface area contributed by atoms with E-state index in [4.69, 9.17) is 0 Å². The van der Waals surface area contributed by atoms with Gasteiger partial charge in [0.15, 0.2) is 0 Å². The number of benzene rings is 1. The van der Waals surface area contributed by atoms with Crippen LogP contribution in [0.1, 0.15) is 24.3 Å². The van der Waals surface area contributed by atoms with Crippen LogP contribution >= 0.6 is 0 Å². The Bertz CT molecular complexity index is 262. The lowest BCUT2D eigenvalue weighted by molar-refractivity contribution is 0.604. The second kappa shape index (κ2) is 4.05. The third-order valence-electron chi connectivity index (χ3n) is 2.78. The summed E-state index contributed by atoms with van der Waals surface area (Å²) < 4.78 is 12.7. The fraction of sp³-hybridized carbons (Fsp3) is 0.455. The van der Waals surface area contributed by atoms with Crippen molar-refractivity contribution in [3.63, 3.8) is 0 Å². The molecule has 0 unspecified atom stereocenters. The highest BCUT2D eigenvalue weighted by molar-refractivity contribution is 6.35. The van der Waals surface area contributed by atoms with Crippen LogP contribution in [0.25, 0.3) is 0 Å². The summed E-state index contributed by atoms with van der Waals surface area (Å²) in [6.45, 7) is 0. The van der Waals surface area contributed by atoms with Crippen LogP contribution in [0.4, 0.5) is 4.39 Å². The Morgan fingerprint density at radius 3 is 2.31 bits per heavy atom. The summed E-state index contributed by atoms with van der Waals surface area (Å²) in [5, 5.41) is 0. The van der Waals surface area contributed by atoms with E-state index in [1.807, 2.05) is 12.1 Å². The van der Waals surface area contributed by atoms with Crippen LogP contribution in [0, 0.1) is 5.82 Å². The third kappa shape index (κ3) is 2.18. The Balaban J connectivity index is 2.10. The highest BCUT2D eigenvalue weighted by atomic mass is 28.2. The summed E-state index contributed by atoms with van der Waals surface area (Å²) >= 11 is 0. The third-order valence-corrected chi connectivity index (χ3v) is 4.26. The van der Waals surface area contributed by atoms with Crippen LogP contribution < -0.4 is 0 Å². The first-order chi connectivity index (χ1) is 6.36. The van der Waals surface area contributed by atoms with Gasteiger partial charge in [0, 0.05) is 0 Å². The Kier molecular flexibility index (Phi) is 2.79. The average Bonchev–Trinajstić information content (AvgIpc) is 2.20. The molecule has 70 valence electrons. The van der Waals surface area contributed by atoms with Crippen molar-refractivity contribution < 1.29 is 4.39 Å². The first-order valence-electron chi connectivity index (χ1n) is 4.93. The monoisotopic (exact) mass is 193 g/mol. The molecule has 0 N–H and O–H groups in total. The number of halogens is 1. The molecule has 13 heavy (non-hydrogen) atoms. The van der Waals surface area contributed by atoms with E-state index < -0.39 is 0 Å². The van der Waals surface area contributed by atoms with Gasteiger partial charge >= 0.3 is 0 Å². The lowest BCUT2D eigenvalue weighted by Crippen LogP contribution is -2.08. The van der Waals surface area contributed by atoms with E-state index in [1.54, 1.807) is 12.1 Å². The summed E-state index contributed by atoms with van der Waals surface area (Å²) in [5.74, 6) is 0.590. The van der Waals surface area contributed by atoms with Gasteiger partial charge in [-0.15, -0.1) is 0 Å². The first-order valence-corrected chi connectivity index (χ1v) is 6.57. The number of rotatable bonds is 1. The predicted molar refractivity (Wildman–Crippen MR) is 55.1 cm³/mol. The van der Waals surface area contributed by atoms with E-state index in [0.29, 0.717) is 5.92 Å². The van der Waals surface area contributed by atoms with E-state index in [2.05, 4.69) is 0 Å². The van der Waals surface area contributed by atoms with Crippen molar-refractivity contribution in [3.8, 4) is 0 Å². The molecule has 0 aromatic heterocycles. The molecular formula is C11H14FSi-. The molecule has 2 heteroatoms. The lowest BCUT2D eigenvalue weighted by Gasteiger charge is -2.27. The maximum Gasteiger partial charge on any atom is 0.123 e. The minimum Gasteiger partial charge on any atom is -0.278 e. The van der Waals surface area contributed by atoms with Crippen molar-refractivity contribution in [2.45, 2.75) is 30.8 Å². The quantitative estimate of drug-likeness (QED) is 0.601. The zero-order valence-electron chi connectivity index (χ0n) is 7.67. The molecule has 0 atom stereocenters. The number of hydrogen-bond donors (Lipinski definition) is 0. The maximum atomic E-state index is 12.7. The summed E-state index contributed by atoms with van der Waals surface area (Å²) in [6, 6.07) is 9.89. The van der Waals surface area contributed by atoms with Gasteiger partial charge in [-0.1, -0.05) is 25.0 Å². The standard InChI is InChI=1S/C11H14FSi/c12-11-3-1-9(2-4-11)10-5-7-13-8-6-10/h1-4,10,13H,5-8H2/q-1. The van der Waals surface area contributed by atoms with Gasteiger partial charge in [0.2, 0.25) is 0 Å². The molecule has 0 amide bonds. The summed E-state index contributed by atoms with van der Waals surface area (Å²) in [6.07, 6.45) is 2.64. The topological polar surface area (TPSA) is 0 Å². The molecule has 1 aromatic carbocycles. The highest BCUT2D eigenvalue weighted by Gasteiger charge is 2.10. The fourth-order valence-electron chi connectivity index (χ4n) is 2.00. The van der Waals surface area contributed by atoms with Gasteiger partial charge in [-0.05, 0) is 23.6 Å². The Labute approximate surface area is 81.0 Å². The smallest absolute Gasteiger partial charge is 0.123 e. The van der Waals surface area contributed by atoms with E-state index in [-0.39, 0.29) is 5.82 Å². The van der Waals surface area contributed by atoms with Gasteiger partial charge in [-0.3, -0.25) is 9.52 Å². The highest BCUT2D eigenvalue weighted by Crippen LogP contribution is 2.30. The van der Waals surface area contributed by atoms with Crippen LogP contribution in [0.2, 0.25) is 12.1 Å². The SMILES string of the molecule is Fc1ccc(C2CC[SiH-]CC2)cc1. The van der Waals surface area contributed by atoms with Gasteiger partial charge < -0.3 is 0 Å². The van der Waals surface area contributed by atoms with Crippen LogP contribution in [0.3, 0.4) is 0 Å². The van der Waals surface area contributed by atoms with Gasteiger partial charge in [0.05, 0.1) is 0 Å². The summed E-state index contributed by atoms with van der Waals surface area (Å²) in [4.78, 5) is 0. The molecule has 2 rings (SSSR count). The molecule has 1 aliphatic heterocycles. The van der Waals surface area contributed by atoms with Crippen molar-refractivity contribution >= 4 is 9.52 Å². The average molecular weight is 193 g/mol. The van der Waals surface area contributed by atoms with Gasteiger partial charge in [0.25, 0.3) is 0 Å². The Morgan fingerprint density at radius 2 is 1.69 bits per heavy atom. The van der Waals surface area contributed by atoms with E-state index >= 15 is 0 Å². The molecular weight excluding hydrogens is 179 g/mol. The van der Waals surface area contributed by atoms with Crippen LogP contribution in [-0.4, -0.2) is 9.52 Å². The first kappa shape index (κ1) is 8.94. The van der Waals surface area contributed by atoms with E-state index in [1.165, 1.54) is 30.5 Å². The summed E-state index contributed by atoms with van der Waals surface area (Å²) in [5.41, 5.74) is 1.33. The molecule has 0 saturated carbocycles. The second-order valence-corrected chi connectivity index (χ2v) is 5.42. The normalized spacial score (nSPS) is 18.8. The number of hydrogen-bond acceptors (Lipinski definition) is 0. The molecule has 0 nitrogen and oxygen atoms in total. The van der Waals surface area contributed by atoms with E-state index in [0.717, 1.165) is 9.52 Å². The van der Waals surface area contributed by atoms with Crippen molar-refractivity contribution in [2.24, 2.45) is 0 Å². The van der Waals surface area contributed by atoms with Crippen molar-refractivity contribution in [3.05, 3.63) is 35.6 Å². The minimum atomic E-state index is -0.120. The Morgan fingerprint density at radius 1 is 1.08 bits per heavy atom. The van der Waals surface area contributed by atoms with Crippen molar-refractivity contribution in [2.75, 3.05) is 0 Å². The van der Waals surface area contributed by atoms with Crippen LogP contribution in [0.15, 0.2) is 24.3 Å². The van der Waals surface area contributed by atoms with Crippen LogP contribution in [0.5, 0.6) is 0 Å². The maximum absolute atomic E-state index is 12.7. The molecule has 1 fully saturated rings. The molecule has 0 radical (unpaired) electrons. The molecule has 1 saturated heterocycles. The zero-order valence-corrected chi connectivity index (χ0v) is 8.83. The van der Waals surface area contributed by atoms with E-state index in [9.17, 15) is 4.39 Å². The molecule has 0 bridgehead atoms. The van der Waals surface area contributed by atoms with Gasteiger partial charge in [-0.2, -0.15) is 12.1 Å². The largest absolute Gasteiger partial charge is 0.278 e. The van der Waals surface area contributed by atoms with Crippen molar-refractivity contribution in [1.82, 2.24) is 0 Å². The Hall–Kier alpha value is -0.633. The summed E-state index contributed by atoms with van der Waals surface area (Å²) in [7, 11) is 0.723. The molecule has 0 aliphatic carbocycles. The fourth-order valence-corrected chi connectivity index (χ4v) is 3.56. The second-order valence-electron chi connectivity index (χ2n) is 3.69. The van der Waals surface area contributed by atoms with Gasteiger partial charge in [-0.25, -0.2) is 4.39 Å².